The molecule has 0 aliphatic heterocycles. The molecule has 1 aliphatic carbocycles. The van der Waals surface area contributed by atoms with Gasteiger partial charge in [0.05, 0.1) is 5.56 Å². The summed E-state index contributed by atoms with van der Waals surface area (Å²) in [5.41, 5.74) is 4.02. The van der Waals surface area contributed by atoms with E-state index in [-0.39, 0.29) is 0 Å². The summed E-state index contributed by atoms with van der Waals surface area (Å²) >= 11 is 0. The molecule has 4 nitrogen and oxygen atoms in total. The third-order valence-electron chi connectivity index (χ3n) is 4.14. The predicted molar refractivity (Wildman–Crippen MR) is 91.7 cm³/mol. The molecule has 3 rings (SSSR count). The molecule has 0 radical (unpaired) electrons. The van der Waals surface area contributed by atoms with Gasteiger partial charge in [-0.3, -0.25) is 4.21 Å². The van der Waals surface area contributed by atoms with E-state index in [9.17, 15) is 9.47 Å². The fourth-order valence-electron chi connectivity index (χ4n) is 2.84. The van der Waals surface area contributed by atoms with Crippen molar-refractivity contribution in [3.05, 3.63) is 52.7 Å². The van der Waals surface area contributed by atoms with Crippen LogP contribution in [0.5, 0.6) is 0 Å². The summed E-state index contributed by atoms with van der Waals surface area (Å²) < 4.78 is 11.4. The second-order valence-corrected chi connectivity index (χ2v) is 7.14. The smallest absolute Gasteiger partial charge is 0.144 e. The van der Waals surface area contributed by atoms with E-state index in [0.29, 0.717) is 17.9 Å². The van der Waals surface area contributed by atoms with Crippen molar-refractivity contribution in [2.45, 2.75) is 37.1 Å². The van der Waals surface area contributed by atoms with Crippen LogP contribution in [0.4, 0.5) is 5.82 Å². The molecule has 1 heterocycles. The fraction of sp³-hybridized carbons (Fsp3) is 0.333. The third-order valence-corrected chi connectivity index (χ3v) is 5.07. The molecule has 0 bridgehead atoms. The molecule has 5 heteroatoms. The van der Waals surface area contributed by atoms with Gasteiger partial charge in [-0.25, -0.2) is 4.98 Å². The molecule has 0 saturated carbocycles. The van der Waals surface area contributed by atoms with Gasteiger partial charge in [-0.2, -0.15) is 5.26 Å². The number of fused-ring (bicyclic) bond motifs is 1. The largest absolute Gasteiger partial charge is 0.365 e. The number of nitrogens with one attached hydrogen (secondary N) is 1. The molecule has 1 aliphatic rings. The van der Waals surface area contributed by atoms with Crippen LogP contribution < -0.4 is 5.32 Å². The normalized spacial score (nSPS) is 14.6. The number of pyridine rings is 1. The SMILES string of the molecule is CS(=O)c1ccc(CNc2nc3c(cc2C#N)CCCC3)cc1. The second-order valence-electron chi connectivity index (χ2n) is 5.76. The van der Waals surface area contributed by atoms with Crippen LogP contribution in [0.1, 0.15) is 35.2 Å². The number of rotatable bonds is 4. The highest BCUT2D eigenvalue weighted by Gasteiger charge is 2.15. The minimum absolute atomic E-state index is 0.594. The Morgan fingerprint density at radius 3 is 2.70 bits per heavy atom. The molecule has 118 valence electrons. The molecule has 2 aromatic rings. The Hall–Kier alpha value is -2.19. The van der Waals surface area contributed by atoms with Gasteiger partial charge in [0, 0.05) is 34.2 Å². The maximum atomic E-state index is 11.4. The van der Waals surface area contributed by atoms with Crippen LogP contribution >= 0.6 is 0 Å². The number of nitrogens with zero attached hydrogens (tertiary/aromatic N) is 2. The first-order valence-corrected chi connectivity index (χ1v) is 9.32. The molecule has 0 saturated heterocycles. The first-order chi connectivity index (χ1) is 11.2. The van der Waals surface area contributed by atoms with Gasteiger partial charge in [0.25, 0.3) is 0 Å². The second kappa shape index (κ2) is 6.93. The zero-order chi connectivity index (χ0) is 16.2. The Labute approximate surface area is 139 Å². The molecule has 0 fully saturated rings. The number of aryl methyl sites for hydroxylation is 2. The van der Waals surface area contributed by atoms with Crippen LogP contribution in [0.3, 0.4) is 0 Å². The van der Waals surface area contributed by atoms with E-state index in [4.69, 9.17) is 0 Å². The Morgan fingerprint density at radius 1 is 1.26 bits per heavy atom. The minimum Gasteiger partial charge on any atom is -0.365 e. The highest BCUT2D eigenvalue weighted by molar-refractivity contribution is 7.84. The summed E-state index contributed by atoms with van der Waals surface area (Å²) in [5, 5.41) is 12.6. The van der Waals surface area contributed by atoms with Gasteiger partial charge < -0.3 is 5.32 Å². The van der Waals surface area contributed by atoms with Gasteiger partial charge in [-0.05, 0) is 55.0 Å². The van der Waals surface area contributed by atoms with Crippen molar-refractivity contribution < 1.29 is 4.21 Å². The number of hydrogen-bond acceptors (Lipinski definition) is 4. The number of anilines is 1. The van der Waals surface area contributed by atoms with Crippen LogP contribution in [-0.2, 0) is 30.2 Å². The van der Waals surface area contributed by atoms with Crippen molar-refractivity contribution in [3.8, 4) is 6.07 Å². The molecular formula is C18H19N3OS. The lowest BCUT2D eigenvalue weighted by atomic mass is 9.95. The molecule has 1 atom stereocenters. The van der Waals surface area contributed by atoms with Gasteiger partial charge in [-0.15, -0.1) is 0 Å². The van der Waals surface area contributed by atoms with E-state index in [1.807, 2.05) is 30.3 Å². The summed E-state index contributed by atoms with van der Waals surface area (Å²) in [6.07, 6.45) is 6.03. The quantitative estimate of drug-likeness (QED) is 0.937. The Balaban J connectivity index is 1.77. The van der Waals surface area contributed by atoms with Crippen molar-refractivity contribution in [2.75, 3.05) is 11.6 Å². The van der Waals surface area contributed by atoms with E-state index >= 15 is 0 Å². The average molecular weight is 325 g/mol. The highest BCUT2D eigenvalue weighted by Crippen LogP contribution is 2.24. The van der Waals surface area contributed by atoms with E-state index in [1.165, 1.54) is 18.4 Å². The Morgan fingerprint density at radius 2 is 2.00 bits per heavy atom. The standard InChI is InChI=1S/C18H19N3OS/c1-23(22)16-8-6-13(7-9-16)12-20-18-15(11-19)10-14-4-2-3-5-17(14)21-18/h6-10H,2-5,12H2,1H3,(H,20,21). The molecule has 0 spiro atoms. The van der Waals surface area contributed by atoms with Crippen molar-refractivity contribution in [1.29, 1.82) is 5.26 Å². The van der Waals surface area contributed by atoms with E-state index in [2.05, 4.69) is 16.4 Å². The van der Waals surface area contributed by atoms with E-state index in [1.54, 1.807) is 6.26 Å². The van der Waals surface area contributed by atoms with Crippen LogP contribution in [0, 0.1) is 11.3 Å². The lowest BCUT2D eigenvalue weighted by Crippen LogP contribution is -2.10. The van der Waals surface area contributed by atoms with Gasteiger partial charge in [0.2, 0.25) is 0 Å². The predicted octanol–water partition coefficient (Wildman–Crippen LogP) is 3.18. The molecule has 1 N–H and O–H groups in total. The summed E-state index contributed by atoms with van der Waals surface area (Å²) in [6.45, 7) is 0.594. The first kappa shape index (κ1) is 15.7. The summed E-state index contributed by atoms with van der Waals surface area (Å²) in [7, 11) is -0.960. The van der Waals surface area contributed by atoms with Gasteiger partial charge in [-0.1, -0.05) is 12.1 Å². The van der Waals surface area contributed by atoms with E-state index in [0.717, 1.165) is 29.0 Å². The van der Waals surface area contributed by atoms with Gasteiger partial charge in [0.15, 0.2) is 0 Å². The van der Waals surface area contributed by atoms with Crippen LogP contribution in [0.25, 0.3) is 0 Å². The lowest BCUT2D eigenvalue weighted by Gasteiger charge is -2.17. The number of benzene rings is 1. The van der Waals surface area contributed by atoms with Crippen molar-refractivity contribution in [3.63, 3.8) is 0 Å². The topological polar surface area (TPSA) is 65.8 Å². The molecule has 1 unspecified atom stereocenters. The highest BCUT2D eigenvalue weighted by atomic mass is 32.2. The molecule has 1 aromatic heterocycles. The molecule has 1 aromatic carbocycles. The van der Waals surface area contributed by atoms with Crippen LogP contribution in [-0.4, -0.2) is 15.4 Å². The maximum absolute atomic E-state index is 11.4. The Bertz CT molecular complexity index is 778. The third kappa shape index (κ3) is 3.59. The number of aromatic nitrogens is 1. The van der Waals surface area contributed by atoms with E-state index < -0.39 is 10.8 Å². The monoisotopic (exact) mass is 325 g/mol. The molecular weight excluding hydrogens is 306 g/mol. The van der Waals surface area contributed by atoms with Crippen LogP contribution in [0.15, 0.2) is 35.2 Å². The van der Waals surface area contributed by atoms with Crippen LogP contribution in [0.2, 0.25) is 0 Å². The summed E-state index contributed by atoms with van der Waals surface area (Å²) in [5.74, 6) is 0.663. The molecule has 0 amide bonds. The zero-order valence-electron chi connectivity index (χ0n) is 13.1. The zero-order valence-corrected chi connectivity index (χ0v) is 13.9. The van der Waals surface area contributed by atoms with Crippen molar-refractivity contribution in [2.24, 2.45) is 0 Å². The maximum Gasteiger partial charge on any atom is 0.144 e. The Kier molecular flexibility index (Phi) is 4.73. The number of hydrogen-bond donors (Lipinski definition) is 1. The summed E-state index contributed by atoms with van der Waals surface area (Å²) in [6, 6.07) is 11.9. The minimum atomic E-state index is -0.960. The van der Waals surface area contributed by atoms with Gasteiger partial charge in [0.1, 0.15) is 11.9 Å². The first-order valence-electron chi connectivity index (χ1n) is 7.76. The average Bonchev–Trinajstić information content (AvgIpc) is 2.59. The van der Waals surface area contributed by atoms with Gasteiger partial charge >= 0.3 is 0 Å². The fourth-order valence-corrected chi connectivity index (χ4v) is 3.36. The van der Waals surface area contributed by atoms with Crippen molar-refractivity contribution in [1.82, 2.24) is 4.98 Å². The van der Waals surface area contributed by atoms with Crippen molar-refractivity contribution >= 4 is 16.6 Å². The lowest BCUT2D eigenvalue weighted by molar-refractivity contribution is 0.668. The molecule has 23 heavy (non-hydrogen) atoms. The number of nitriles is 1. The summed E-state index contributed by atoms with van der Waals surface area (Å²) in [4.78, 5) is 5.48.